The summed E-state index contributed by atoms with van der Waals surface area (Å²) in [6.07, 6.45) is -6.41. The van der Waals surface area contributed by atoms with Gasteiger partial charge in [0.15, 0.2) is 0 Å². The number of aryl methyl sites for hydroxylation is 2. The number of hydrogen-bond donors (Lipinski definition) is 1. The van der Waals surface area contributed by atoms with Gasteiger partial charge in [0, 0.05) is 24.1 Å². The maximum absolute atomic E-state index is 13.3. The number of fused-ring (bicyclic) bond motifs is 1. The molecule has 6 nitrogen and oxygen atoms in total. The summed E-state index contributed by atoms with van der Waals surface area (Å²) in [6.45, 7) is 7.72. The van der Waals surface area contributed by atoms with Crippen LogP contribution in [0.25, 0.3) is 11.1 Å². The van der Waals surface area contributed by atoms with Crippen molar-refractivity contribution in [2.24, 2.45) is 5.92 Å². The van der Waals surface area contributed by atoms with Crippen molar-refractivity contribution in [3.8, 4) is 16.9 Å². The Labute approximate surface area is 189 Å². The largest absolute Gasteiger partial charge is 0.573 e. The summed E-state index contributed by atoms with van der Waals surface area (Å²) in [5, 5.41) is 9.00. The van der Waals surface area contributed by atoms with Crippen molar-refractivity contribution in [2.75, 3.05) is 11.4 Å². The maximum Gasteiger partial charge on any atom is 0.573 e. The van der Waals surface area contributed by atoms with Crippen molar-refractivity contribution in [1.29, 1.82) is 0 Å². The highest BCUT2D eigenvalue weighted by Crippen LogP contribution is 2.45. The van der Waals surface area contributed by atoms with Crippen LogP contribution < -0.4 is 9.64 Å². The maximum atomic E-state index is 13.3. The summed E-state index contributed by atoms with van der Waals surface area (Å²) in [6, 6.07) is 8.00. The zero-order chi connectivity index (χ0) is 24.5. The summed E-state index contributed by atoms with van der Waals surface area (Å²) in [7, 11) is 0. The monoisotopic (exact) mass is 465 g/mol. The van der Waals surface area contributed by atoms with Gasteiger partial charge in [0.05, 0.1) is 5.69 Å². The highest BCUT2D eigenvalue weighted by Gasteiger charge is 2.36. The summed E-state index contributed by atoms with van der Waals surface area (Å²) < 4.78 is 49.9. The molecule has 1 heterocycles. The highest BCUT2D eigenvalue weighted by atomic mass is 19.4. The average Bonchev–Trinajstić information content (AvgIpc) is 2.71. The smallest absolute Gasteiger partial charge is 0.481 e. The number of carbonyl (C=O) groups is 2. The van der Waals surface area contributed by atoms with Gasteiger partial charge in [-0.1, -0.05) is 32.0 Å². The van der Waals surface area contributed by atoms with Crippen LogP contribution in [0, 0.1) is 12.8 Å². The summed E-state index contributed by atoms with van der Waals surface area (Å²) >= 11 is 0. The Balaban J connectivity index is 2.22. The molecule has 0 spiro atoms. The van der Waals surface area contributed by atoms with E-state index in [1.807, 2.05) is 19.9 Å². The normalized spacial score (nSPS) is 15.9. The minimum atomic E-state index is -4.96. The van der Waals surface area contributed by atoms with Crippen LogP contribution in [-0.2, 0) is 16.0 Å². The van der Waals surface area contributed by atoms with E-state index in [2.05, 4.69) is 4.74 Å². The number of benzene rings is 2. The molecule has 2 aromatic rings. The molecule has 0 radical (unpaired) electrons. The van der Waals surface area contributed by atoms with E-state index in [1.54, 1.807) is 26.0 Å². The minimum absolute atomic E-state index is 0.000395. The number of hydrogen-bond acceptors (Lipinski definition) is 4. The van der Waals surface area contributed by atoms with Crippen LogP contribution in [0.3, 0.4) is 0 Å². The molecule has 0 aliphatic carbocycles. The van der Waals surface area contributed by atoms with Gasteiger partial charge in [-0.2, -0.15) is 0 Å². The fourth-order valence-electron chi connectivity index (χ4n) is 4.07. The number of anilines is 1. The topological polar surface area (TPSA) is 76.1 Å². The quantitative estimate of drug-likeness (QED) is 0.523. The first kappa shape index (κ1) is 24.4. The number of carboxylic acids is 1. The van der Waals surface area contributed by atoms with Gasteiger partial charge in [-0.15, -0.1) is 13.2 Å². The number of rotatable bonds is 7. The molecule has 1 atom stereocenters. The van der Waals surface area contributed by atoms with E-state index >= 15 is 0 Å². The number of nitrogens with zero attached hydrogens (tertiary/aromatic N) is 1. The molecule has 9 heteroatoms. The molecule has 0 bridgehead atoms. The molecule has 1 aliphatic rings. The predicted molar refractivity (Wildman–Crippen MR) is 116 cm³/mol. The predicted octanol–water partition coefficient (Wildman–Crippen LogP) is 6.25. The van der Waals surface area contributed by atoms with Crippen molar-refractivity contribution in [2.45, 2.75) is 53.0 Å². The molecule has 0 saturated carbocycles. The molecule has 1 unspecified atom stereocenters. The Bertz CT molecular complexity index is 1060. The standard InChI is InChI=1S/C24H26F3NO5/c1-5-28-19-12-17(14(4)11-18(19)21(13(2)3)32-23(28)31)16-8-6-7-15(9-10-20(29)30)22(16)33-24(25,26)27/h6-8,11-13,21H,5,9-10H2,1-4H3,(H,29,30). The fourth-order valence-corrected chi connectivity index (χ4v) is 4.07. The Hall–Kier alpha value is -3.23. The number of alkyl halides is 3. The van der Waals surface area contributed by atoms with E-state index in [1.165, 1.54) is 17.0 Å². The number of cyclic esters (lactones) is 1. The highest BCUT2D eigenvalue weighted by molar-refractivity contribution is 5.93. The lowest BCUT2D eigenvalue weighted by Crippen LogP contribution is -2.38. The van der Waals surface area contributed by atoms with Crippen molar-refractivity contribution in [1.82, 2.24) is 0 Å². The number of carboxylic acid groups (broad SMARTS) is 1. The molecule has 1 N–H and O–H groups in total. The molecule has 1 amide bonds. The number of ether oxygens (including phenoxy) is 2. The van der Waals surface area contributed by atoms with Crippen molar-refractivity contribution in [3.05, 3.63) is 47.0 Å². The van der Waals surface area contributed by atoms with Crippen LogP contribution >= 0.6 is 0 Å². The first-order valence-corrected chi connectivity index (χ1v) is 10.6. The number of halogens is 3. The second-order valence-corrected chi connectivity index (χ2v) is 8.25. The number of amides is 1. The van der Waals surface area contributed by atoms with E-state index in [0.29, 0.717) is 23.4 Å². The Morgan fingerprint density at radius 1 is 1.24 bits per heavy atom. The SMILES string of the molecule is CCN1C(=O)OC(C(C)C)c2cc(C)c(-c3cccc(CCC(=O)O)c3OC(F)(F)F)cc21. The molecule has 33 heavy (non-hydrogen) atoms. The Morgan fingerprint density at radius 2 is 1.94 bits per heavy atom. The first-order chi connectivity index (χ1) is 15.4. The van der Waals surface area contributed by atoms with E-state index in [4.69, 9.17) is 9.84 Å². The Morgan fingerprint density at radius 3 is 2.52 bits per heavy atom. The third-order valence-corrected chi connectivity index (χ3v) is 5.55. The molecular formula is C24H26F3NO5. The van der Waals surface area contributed by atoms with Gasteiger partial charge in [-0.3, -0.25) is 9.69 Å². The molecule has 0 fully saturated rings. The molecule has 2 aromatic carbocycles. The second-order valence-electron chi connectivity index (χ2n) is 8.25. The van der Waals surface area contributed by atoms with E-state index in [9.17, 15) is 22.8 Å². The molecular weight excluding hydrogens is 439 g/mol. The summed E-state index contributed by atoms with van der Waals surface area (Å²) in [4.78, 5) is 25.0. The third-order valence-electron chi connectivity index (χ3n) is 5.55. The molecule has 0 saturated heterocycles. The van der Waals surface area contributed by atoms with Gasteiger partial charge in [-0.25, -0.2) is 4.79 Å². The van der Waals surface area contributed by atoms with Crippen LogP contribution in [0.1, 0.15) is 50.0 Å². The zero-order valence-electron chi connectivity index (χ0n) is 18.8. The average molecular weight is 465 g/mol. The van der Waals surface area contributed by atoms with Crippen molar-refractivity contribution < 1.29 is 37.3 Å². The van der Waals surface area contributed by atoms with Crippen LogP contribution in [-0.4, -0.2) is 30.1 Å². The van der Waals surface area contributed by atoms with Gasteiger partial charge in [0.1, 0.15) is 11.9 Å². The molecule has 0 aromatic heterocycles. The van der Waals surface area contributed by atoms with Crippen molar-refractivity contribution in [3.63, 3.8) is 0 Å². The van der Waals surface area contributed by atoms with Crippen LogP contribution in [0.2, 0.25) is 0 Å². The number of para-hydroxylation sites is 1. The summed E-state index contributed by atoms with van der Waals surface area (Å²) in [5.41, 5.74) is 2.80. The van der Waals surface area contributed by atoms with Gasteiger partial charge in [-0.05, 0) is 55.0 Å². The number of aliphatic carboxylic acids is 1. The van der Waals surface area contributed by atoms with Crippen molar-refractivity contribution >= 4 is 17.7 Å². The first-order valence-electron chi connectivity index (χ1n) is 10.6. The van der Waals surface area contributed by atoms with Gasteiger partial charge in [0.2, 0.25) is 0 Å². The van der Waals surface area contributed by atoms with E-state index < -0.39 is 30.3 Å². The molecule has 1 aliphatic heterocycles. The lowest BCUT2D eigenvalue weighted by Gasteiger charge is -2.36. The van der Waals surface area contributed by atoms with Crippen LogP contribution in [0.5, 0.6) is 5.75 Å². The van der Waals surface area contributed by atoms with Gasteiger partial charge >= 0.3 is 18.4 Å². The minimum Gasteiger partial charge on any atom is -0.481 e. The number of carbonyl (C=O) groups excluding carboxylic acids is 1. The second kappa shape index (κ2) is 9.33. The van der Waals surface area contributed by atoms with Crippen LogP contribution in [0.4, 0.5) is 23.7 Å². The lowest BCUT2D eigenvalue weighted by atomic mass is 9.89. The van der Waals surface area contributed by atoms with Gasteiger partial charge in [0.25, 0.3) is 0 Å². The van der Waals surface area contributed by atoms with E-state index in [0.717, 1.165) is 5.56 Å². The summed E-state index contributed by atoms with van der Waals surface area (Å²) in [5.74, 6) is -1.56. The van der Waals surface area contributed by atoms with Crippen LogP contribution in [0.15, 0.2) is 30.3 Å². The zero-order valence-corrected chi connectivity index (χ0v) is 18.8. The van der Waals surface area contributed by atoms with E-state index in [-0.39, 0.29) is 29.9 Å². The lowest BCUT2D eigenvalue weighted by molar-refractivity contribution is -0.274. The molecule has 3 rings (SSSR count). The van der Waals surface area contributed by atoms with Gasteiger partial charge < -0.3 is 14.6 Å². The third kappa shape index (κ3) is 5.23. The fraction of sp³-hybridized carbons (Fsp3) is 0.417. The molecule has 178 valence electrons. The Kier molecular flexibility index (Phi) is 6.90.